The van der Waals surface area contributed by atoms with Crippen LogP contribution in [0.4, 0.5) is 0 Å². The van der Waals surface area contributed by atoms with Gasteiger partial charge in [0.25, 0.3) is 5.91 Å². The molecule has 0 aliphatic rings. The van der Waals surface area contributed by atoms with Gasteiger partial charge in [0.2, 0.25) is 10.0 Å². The smallest absolute Gasteiger partial charge is 0.258 e. The van der Waals surface area contributed by atoms with Gasteiger partial charge in [0.15, 0.2) is 0 Å². The third-order valence-electron chi connectivity index (χ3n) is 2.49. The molecule has 0 saturated heterocycles. The van der Waals surface area contributed by atoms with Crippen LogP contribution in [0.15, 0.2) is 39.2 Å². The molecule has 9 heteroatoms. The Morgan fingerprint density at radius 2 is 2.29 bits per heavy atom. The summed E-state index contributed by atoms with van der Waals surface area (Å²) in [6.45, 7) is 0.301. The van der Waals surface area contributed by atoms with Crippen molar-refractivity contribution >= 4 is 39.0 Å². The Kier molecular flexibility index (Phi) is 5.45. The van der Waals surface area contributed by atoms with Crippen LogP contribution in [0.5, 0.6) is 0 Å². The summed E-state index contributed by atoms with van der Waals surface area (Å²) < 4.78 is 31.6. The Morgan fingerprint density at radius 3 is 2.90 bits per heavy atom. The second-order valence-electron chi connectivity index (χ2n) is 4.04. The van der Waals surface area contributed by atoms with Gasteiger partial charge in [-0.05, 0) is 18.2 Å². The van der Waals surface area contributed by atoms with Crippen LogP contribution in [-0.4, -0.2) is 26.6 Å². The summed E-state index contributed by atoms with van der Waals surface area (Å²) in [6, 6.07) is 4.96. The number of amides is 1. The highest BCUT2D eigenvalue weighted by Crippen LogP contribution is 2.18. The second-order valence-corrected chi connectivity index (χ2v) is 7.82. The van der Waals surface area contributed by atoms with Gasteiger partial charge in [-0.15, -0.1) is 11.3 Å². The molecule has 0 aliphatic carbocycles. The molecular formula is C12H14N2O4S3. The number of primary amides is 1. The number of furan rings is 1. The number of hydrogen-bond donors (Lipinski definition) is 2. The number of hydrogen-bond acceptors (Lipinski definition) is 6. The standard InChI is InChI=1S/C12H14N2O4S3/c13-12(15)11-6-10(8-20-11)21(16,17)14-3-5-19-7-9-2-1-4-18-9/h1-2,4,6,8,14H,3,5,7H2,(H2,13,15). The molecule has 2 rings (SSSR count). The Labute approximate surface area is 130 Å². The quantitative estimate of drug-likeness (QED) is 0.708. The minimum Gasteiger partial charge on any atom is -0.468 e. The highest BCUT2D eigenvalue weighted by molar-refractivity contribution is 7.98. The highest BCUT2D eigenvalue weighted by Gasteiger charge is 2.17. The zero-order chi connectivity index (χ0) is 15.3. The van der Waals surface area contributed by atoms with E-state index in [2.05, 4.69) is 4.72 Å². The minimum absolute atomic E-state index is 0.0670. The van der Waals surface area contributed by atoms with Crippen LogP contribution in [0.25, 0.3) is 0 Å². The summed E-state index contributed by atoms with van der Waals surface area (Å²) in [5, 5.41) is 1.40. The molecule has 2 aromatic heterocycles. The molecule has 21 heavy (non-hydrogen) atoms. The normalized spacial score (nSPS) is 11.6. The molecule has 6 nitrogen and oxygen atoms in total. The van der Waals surface area contributed by atoms with Crippen molar-refractivity contribution in [1.29, 1.82) is 0 Å². The highest BCUT2D eigenvalue weighted by atomic mass is 32.2. The Balaban J connectivity index is 1.79. The molecular weight excluding hydrogens is 332 g/mol. The molecule has 3 N–H and O–H groups in total. The largest absolute Gasteiger partial charge is 0.468 e. The monoisotopic (exact) mass is 346 g/mol. The molecule has 0 fully saturated rings. The van der Waals surface area contributed by atoms with Crippen molar-refractivity contribution in [3.63, 3.8) is 0 Å². The maximum absolute atomic E-state index is 12.0. The lowest BCUT2D eigenvalue weighted by molar-refractivity contribution is 0.100. The summed E-state index contributed by atoms with van der Waals surface area (Å²) in [4.78, 5) is 11.2. The Morgan fingerprint density at radius 1 is 1.48 bits per heavy atom. The van der Waals surface area contributed by atoms with Gasteiger partial charge in [0, 0.05) is 17.7 Å². The van der Waals surface area contributed by atoms with E-state index in [0.717, 1.165) is 17.1 Å². The van der Waals surface area contributed by atoms with Crippen LogP contribution >= 0.6 is 23.1 Å². The fraction of sp³-hybridized carbons (Fsp3) is 0.250. The van der Waals surface area contributed by atoms with Crippen molar-refractivity contribution in [2.45, 2.75) is 10.6 Å². The number of sulfonamides is 1. The molecule has 0 unspecified atom stereocenters. The first-order valence-corrected chi connectivity index (χ1v) is 9.49. The van der Waals surface area contributed by atoms with Gasteiger partial charge in [-0.3, -0.25) is 4.79 Å². The minimum atomic E-state index is -3.59. The van der Waals surface area contributed by atoms with Crippen molar-refractivity contribution in [3.8, 4) is 0 Å². The Bertz CT molecular complexity index is 692. The van der Waals surface area contributed by atoms with Crippen molar-refractivity contribution in [3.05, 3.63) is 40.5 Å². The number of carbonyl (C=O) groups is 1. The molecule has 114 valence electrons. The zero-order valence-electron chi connectivity index (χ0n) is 10.9. The maximum atomic E-state index is 12.0. The van der Waals surface area contributed by atoms with Crippen molar-refractivity contribution in [2.75, 3.05) is 12.3 Å². The molecule has 1 amide bonds. The fourth-order valence-electron chi connectivity index (χ4n) is 1.49. The van der Waals surface area contributed by atoms with Crippen molar-refractivity contribution in [2.24, 2.45) is 5.73 Å². The van der Waals surface area contributed by atoms with Crippen LogP contribution in [0.3, 0.4) is 0 Å². The topological polar surface area (TPSA) is 102 Å². The van der Waals surface area contributed by atoms with Crippen LogP contribution in [0.1, 0.15) is 15.4 Å². The van der Waals surface area contributed by atoms with Crippen molar-refractivity contribution in [1.82, 2.24) is 4.72 Å². The molecule has 0 radical (unpaired) electrons. The lowest BCUT2D eigenvalue weighted by Gasteiger charge is -2.04. The first-order valence-electron chi connectivity index (χ1n) is 5.97. The number of thioether (sulfide) groups is 1. The SMILES string of the molecule is NC(=O)c1cc(S(=O)(=O)NCCSCc2ccco2)cs1. The third-order valence-corrected chi connectivity index (χ3v) is 6.01. The van der Waals surface area contributed by atoms with E-state index in [9.17, 15) is 13.2 Å². The summed E-state index contributed by atoms with van der Waals surface area (Å²) in [5.41, 5.74) is 5.10. The molecule has 0 saturated carbocycles. The van der Waals surface area contributed by atoms with Crippen LogP contribution < -0.4 is 10.5 Å². The van der Waals surface area contributed by atoms with E-state index in [4.69, 9.17) is 10.2 Å². The molecule has 2 aromatic rings. The van der Waals surface area contributed by atoms with Crippen LogP contribution in [0.2, 0.25) is 0 Å². The lowest BCUT2D eigenvalue weighted by Crippen LogP contribution is -2.25. The second kappa shape index (κ2) is 7.12. The zero-order valence-corrected chi connectivity index (χ0v) is 13.4. The van der Waals surface area contributed by atoms with Crippen molar-refractivity contribution < 1.29 is 17.6 Å². The summed E-state index contributed by atoms with van der Waals surface area (Å²) >= 11 is 2.58. The molecule has 2 heterocycles. The summed E-state index contributed by atoms with van der Waals surface area (Å²) in [7, 11) is -3.59. The van der Waals surface area contributed by atoms with Crippen LogP contribution in [-0.2, 0) is 15.8 Å². The van der Waals surface area contributed by atoms with Gasteiger partial charge in [0.05, 0.1) is 21.8 Å². The van der Waals surface area contributed by atoms with E-state index in [0.29, 0.717) is 18.1 Å². The summed E-state index contributed by atoms with van der Waals surface area (Å²) in [5.74, 6) is 1.54. The van der Waals surface area contributed by atoms with E-state index in [-0.39, 0.29) is 9.77 Å². The van der Waals surface area contributed by atoms with E-state index in [1.165, 1.54) is 11.4 Å². The number of nitrogens with one attached hydrogen (secondary N) is 1. The number of thiophene rings is 1. The van der Waals surface area contributed by atoms with Gasteiger partial charge in [0.1, 0.15) is 5.76 Å². The first-order chi connectivity index (χ1) is 9.99. The first kappa shape index (κ1) is 16.1. The third kappa shape index (κ3) is 4.60. The average Bonchev–Trinajstić information content (AvgIpc) is 3.09. The van der Waals surface area contributed by atoms with E-state index < -0.39 is 15.9 Å². The van der Waals surface area contributed by atoms with Gasteiger partial charge >= 0.3 is 0 Å². The number of nitrogens with two attached hydrogens (primary N) is 1. The number of rotatable bonds is 8. The predicted octanol–water partition coefficient (Wildman–Crippen LogP) is 1.65. The van der Waals surface area contributed by atoms with Crippen LogP contribution in [0, 0.1) is 0 Å². The van der Waals surface area contributed by atoms with Gasteiger partial charge in [-0.25, -0.2) is 13.1 Å². The molecule has 0 bridgehead atoms. The molecule has 0 atom stereocenters. The van der Waals surface area contributed by atoms with E-state index in [1.807, 2.05) is 12.1 Å². The van der Waals surface area contributed by atoms with E-state index in [1.54, 1.807) is 18.0 Å². The van der Waals surface area contributed by atoms with Gasteiger partial charge < -0.3 is 10.2 Å². The predicted molar refractivity (Wildman–Crippen MR) is 82.9 cm³/mol. The Hall–Kier alpha value is -1.29. The van der Waals surface area contributed by atoms with Gasteiger partial charge in [-0.1, -0.05) is 0 Å². The lowest BCUT2D eigenvalue weighted by atomic mass is 10.5. The summed E-state index contributed by atoms with van der Waals surface area (Å²) in [6.07, 6.45) is 1.60. The fourth-order valence-corrected chi connectivity index (χ4v) is 4.53. The van der Waals surface area contributed by atoms with E-state index >= 15 is 0 Å². The van der Waals surface area contributed by atoms with Gasteiger partial charge in [-0.2, -0.15) is 11.8 Å². The molecule has 0 aliphatic heterocycles. The maximum Gasteiger partial charge on any atom is 0.258 e. The number of carbonyl (C=O) groups excluding carboxylic acids is 1. The molecule has 0 spiro atoms. The average molecular weight is 346 g/mol. The molecule has 0 aromatic carbocycles.